The molecule has 0 heterocycles. The van der Waals surface area contributed by atoms with E-state index in [4.69, 9.17) is 4.74 Å². The summed E-state index contributed by atoms with van der Waals surface area (Å²) >= 11 is 0. The van der Waals surface area contributed by atoms with E-state index in [1.54, 1.807) is 13.2 Å². The lowest BCUT2D eigenvalue weighted by Crippen LogP contribution is -1.96. The number of rotatable bonds is 4. The van der Waals surface area contributed by atoms with E-state index in [0.717, 1.165) is 11.3 Å². The average molecular weight is 206 g/mol. The molecule has 0 radical (unpaired) electrons. The third-order valence-corrected chi connectivity index (χ3v) is 1.94. The maximum Gasteiger partial charge on any atom is 0.309 e. The highest BCUT2D eigenvalue weighted by molar-refractivity contribution is 5.72. The predicted molar refractivity (Wildman–Crippen MR) is 58.7 cm³/mol. The molecule has 0 bridgehead atoms. The highest BCUT2D eigenvalue weighted by Crippen LogP contribution is 2.12. The summed E-state index contributed by atoms with van der Waals surface area (Å²) in [5.74, 6) is 0.583. The summed E-state index contributed by atoms with van der Waals surface area (Å²) < 4.78 is 9.55. The van der Waals surface area contributed by atoms with Crippen molar-refractivity contribution in [1.82, 2.24) is 0 Å². The SMILES string of the molecule is COC(=O)C/C=C\c1ccc(OC)cc1. The van der Waals surface area contributed by atoms with Gasteiger partial charge in [0.15, 0.2) is 0 Å². The second-order valence-electron chi connectivity index (χ2n) is 2.96. The first kappa shape index (κ1) is 11.3. The van der Waals surface area contributed by atoms with Crippen LogP contribution in [0.1, 0.15) is 12.0 Å². The lowest BCUT2D eigenvalue weighted by Gasteiger charge is -1.98. The molecule has 80 valence electrons. The number of carbonyl (C=O) groups excluding carboxylic acids is 1. The number of carbonyl (C=O) groups is 1. The van der Waals surface area contributed by atoms with Crippen molar-refractivity contribution in [2.75, 3.05) is 14.2 Å². The Bertz CT molecular complexity index is 338. The van der Waals surface area contributed by atoms with Crippen LogP contribution in [0.5, 0.6) is 5.75 Å². The summed E-state index contributed by atoms with van der Waals surface area (Å²) in [5.41, 5.74) is 1.03. The Hall–Kier alpha value is -1.77. The number of methoxy groups -OCH3 is 2. The van der Waals surface area contributed by atoms with E-state index in [1.807, 2.05) is 30.3 Å². The Balaban J connectivity index is 2.53. The van der Waals surface area contributed by atoms with E-state index >= 15 is 0 Å². The number of esters is 1. The van der Waals surface area contributed by atoms with Crippen molar-refractivity contribution in [3.05, 3.63) is 35.9 Å². The standard InChI is InChI=1S/C12H14O3/c1-14-11-8-6-10(7-9-11)4-3-5-12(13)15-2/h3-4,6-9H,5H2,1-2H3/b4-3-. The first-order chi connectivity index (χ1) is 7.26. The Labute approximate surface area is 89.3 Å². The largest absolute Gasteiger partial charge is 0.497 e. The van der Waals surface area contributed by atoms with Gasteiger partial charge in [-0.2, -0.15) is 0 Å². The molecule has 3 heteroatoms. The van der Waals surface area contributed by atoms with Crippen LogP contribution in [0.15, 0.2) is 30.3 Å². The quantitative estimate of drug-likeness (QED) is 0.709. The zero-order chi connectivity index (χ0) is 11.1. The van der Waals surface area contributed by atoms with E-state index < -0.39 is 0 Å². The molecular formula is C12H14O3. The van der Waals surface area contributed by atoms with Crippen LogP contribution in [0.3, 0.4) is 0 Å². The fourth-order valence-corrected chi connectivity index (χ4v) is 1.09. The molecule has 0 fully saturated rings. The van der Waals surface area contributed by atoms with E-state index in [2.05, 4.69) is 4.74 Å². The summed E-state index contributed by atoms with van der Waals surface area (Å²) in [5, 5.41) is 0. The monoisotopic (exact) mass is 206 g/mol. The molecule has 15 heavy (non-hydrogen) atoms. The molecule has 0 saturated carbocycles. The number of benzene rings is 1. The number of hydrogen-bond donors (Lipinski definition) is 0. The fourth-order valence-electron chi connectivity index (χ4n) is 1.09. The zero-order valence-electron chi connectivity index (χ0n) is 8.90. The van der Waals surface area contributed by atoms with Crippen molar-refractivity contribution < 1.29 is 14.3 Å². The minimum atomic E-state index is -0.236. The second kappa shape index (κ2) is 5.86. The molecule has 0 aromatic heterocycles. The van der Waals surface area contributed by atoms with Gasteiger partial charge in [-0.1, -0.05) is 24.3 Å². The molecule has 0 aliphatic carbocycles. The van der Waals surface area contributed by atoms with Gasteiger partial charge in [-0.25, -0.2) is 0 Å². The molecule has 0 aliphatic rings. The van der Waals surface area contributed by atoms with E-state index in [-0.39, 0.29) is 5.97 Å². The van der Waals surface area contributed by atoms with Gasteiger partial charge >= 0.3 is 5.97 Å². The number of ether oxygens (including phenoxy) is 2. The van der Waals surface area contributed by atoms with Crippen LogP contribution in [0.25, 0.3) is 6.08 Å². The van der Waals surface area contributed by atoms with Crippen molar-refractivity contribution in [3.63, 3.8) is 0 Å². The summed E-state index contributed by atoms with van der Waals surface area (Å²) in [4.78, 5) is 10.8. The number of hydrogen-bond acceptors (Lipinski definition) is 3. The molecule has 0 N–H and O–H groups in total. The van der Waals surface area contributed by atoms with E-state index in [0.29, 0.717) is 6.42 Å². The molecule has 1 aromatic carbocycles. The van der Waals surface area contributed by atoms with Crippen molar-refractivity contribution in [2.24, 2.45) is 0 Å². The zero-order valence-corrected chi connectivity index (χ0v) is 8.90. The molecule has 0 saturated heterocycles. The van der Waals surface area contributed by atoms with Crippen LogP contribution < -0.4 is 4.74 Å². The molecule has 0 spiro atoms. The summed E-state index contributed by atoms with van der Waals surface area (Å²) in [6, 6.07) is 7.59. The summed E-state index contributed by atoms with van der Waals surface area (Å²) in [6.45, 7) is 0. The Morgan fingerprint density at radius 1 is 1.27 bits per heavy atom. The maximum atomic E-state index is 10.8. The molecule has 0 aliphatic heterocycles. The Kier molecular flexibility index (Phi) is 4.41. The van der Waals surface area contributed by atoms with Gasteiger partial charge in [-0.15, -0.1) is 0 Å². The minimum Gasteiger partial charge on any atom is -0.497 e. The highest BCUT2D eigenvalue weighted by Gasteiger charge is 1.94. The van der Waals surface area contributed by atoms with Crippen LogP contribution >= 0.6 is 0 Å². The van der Waals surface area contributed by atoms with E-state index in [1.165, 1.54) is 7.11 Å². The summed E-state index contributed by atoms with van der Waals surface area (Å²) in [6.07, 6.45) is 3.94. The second-order valence-corrected chi connectivity index (χ2v) is 2.96. The van der Waals surface area contributed by atoms with Gasteiger partial charge in [0.2, 0.25) is 0 Å². The van der Waals surface area contributed by atoms with Crippen molar-refractivity contribution in [1.29, 1.82) is 0 Å². The molecule has 3 nitrogen and oxygen atoms in total. The predicted octanol–water partition coefficient (Wildman–Crippen LogP) is 2.27. The average Bonchev–Trinajstić information content (AvgIpc) is 2.29. The smallest absolute Gasteiger partial charge is 0.309 e. The first-order valence-electron chi connectivity index (χ1n) is 4.63. The van der Waals surface area contributed by atoms with Gasteiger partial charge in [-0.05, 0) is 17.7 Å². The first-order valence-corrected chi connectivity index (χ1v) is 4.63. The maximum absolute atomic E-state index is 10.8. The third kappa shape index (κ3) is 3.85. The molecule has 1 aromatic rings. The van der Waals surface area contributed by atoms with Gasteiger partial charge in [0, 0.05) is 0 Å². The van der Waals surface area contributed by atoms with Gasteiger partial charge in [-0.3, -0.25) is 4.79 Å². The molecule has 0 atom stereocenters. The van der Waals surface area contributed by atoms with Crippen LogP contribution in [-0.4, -0.2) is 20.2 Å². The van der Waals surface area contributed by atoms with Crippen molar-refractivity contribution >= 4 is 12.0 Å². The Morgan fingerprint density at radius 3 is 2.47 bits per heavy atom. The van der Waals surface area contributed by atoms with Gasteiger partial charge in [0.25, 0.3) is 0 Å². The summed E-state index contributed by atoms with van der Waals surface area (Å²) in [7, 11) is 3.01. The van der Waals surface area contributed by atoms with Crippen LogP contribution in [-0.2, 0) is 9.53 Å². The van der Waals surface area contributed by atoms with Crippen LogP contribution in [0, 0.1) is 0 Å². The minimum absolute atomic E-state index is 0.236. The van der Waals surface area contributed by atoms with Gasteiger partial charge in [0.05, 0.1) is 20.6 Å². The van der Waals surface area contributed by atoms with Crippen LogP contribution in [0.2, 0.25) is 0 Å². The van der Waals surface area contributed by atoms with Crippen LogP contribution in [0.4, 0.5) is 0 Å². The molecule has 1 rings (SSSR count). The van der Waals surface area contributed by atoms with E-state index in [9.17, 15) is 4.79 Å². The Morgan fingerprint density at radius 2 is 1.93 bits per heavy atom. The van der Waals surface area contributed by atoms with Gasteiger partial charge < -0.3 is 9.47 Å². The molecule has 0 unspecified atom stereocenters. The lowest BCUT2D eigenvalue weighted by atomic mass is 10.2. The molecular weight excluding hydrogens is 192 g/mol. The fraction of sp³-hybridized carbons (Fsp3) is 0.250. The third-order valence-electron chi connectivity index (χ3n) is 1.94. The highest BCUT2D eigenvalue weighted by atomic mass is 16.5. The molecule has 0 amide bonds. The van der Waals surface area contributed by atoms with Crippen molar-refractivity contribution in [3.8, 4) is 5.75 Å². The lowest BCUT2D eigenvalue weighted by molar-refractivity contribution is -0.139. The van der Waals surface area contributed by atoms with Gasteiger partial charge in [0.1, 0.15) is 5.75 Å². The topological polar surface area (TPSA) is 35.5 Å². The van der Waals surface area contributed by atoms with Crippen molar-refractivity contribution in [2.45, 2.75) is 6.42 Å². The normalized spacial score (nSPS) is 10.3.